The van der Waals surface area contributed by atoms with Crippen LogP contribution in [-0.4, -0.2) is 18.9 Å². The standard InChI is InChI=1S/C8H12O3/c1-6(10)11-5-8-3-2-7(8)4-9/h4,7-8H,2-3,5H2,1H3/t7?,8-/m1/s1. The van der Waals surface area contributed by atoms with E-state index in [0.29, 0.717) is 6.61 Å². The molecule has 1 aliphatic rings. The summed E-state index contributed by atoms with van der Waals surface area (Å²) in [6.45, 7) is 1.80. The first-order chi connectivity index (χ1) is 5.24. The minimum Gasteiger partial charge on any atom is -0.466 e. The Morgan fingerprint density at radius 1 is 1.64 bits per heavy atom. The van der Waals surface area contributed by atoms with Crippen molar-refractivity contribution in [2.75, 3.05) is 6.61 Å². The maximum absolute atomic E-state index is 10.4. The van der Waals surface area contributed by atoms with Crippen molar-refractivity contribution in [1.29, 1.82) is 0 Å². The van der Waals surface area contributed by atoms with Crippen LogP contribution < -0.4 is 0 Å². The summed E-state index contributed by atoms with van der Waals surface area (Å²) >= 11 is 0. The SMILES string of the molecule is CC(=O)OC[C@H]1CCC1C=O. The molecule has 0 aliphatic heterocycles. The molecule has 1 unspecified atom stereocenters. The van der Waals surface area contributed by atoms with E-state index in [0.717, 1.165) is 19.1 Å². The van der Waals surface area contributed by atoms with Gasteiger partial charge in [0.15, 0.2) is 0 Å². The third-order valence-electron chi connectivity index (χ3n) is 2.15. The van der Waals surface area contributed by atoms with Gasteiger partial charge in [-0.15, -0.1) is 0 Å². The molecule has 11 heavy (non-hydrogen) atoms. The van der Waals surface area contributed by atoms with Crippen LogP contribution in [0.25, 0.3) is 0 Å². The fourth-order valence-electron chi connectivity index (χ4n) is 1.21. The van der Waals surface area contributed by atoms with Crippen LogP contribution in [-0.2, 0) is 14.3 Å². The summed E-state index contributed by atoms with van der Waals surface area (Å²) in [5.74, 6) is 0.160. The minimum atomic E-state index is -0.262. The number of rotatable bonds is 3. The molecule has 1 saturated carbocycles. The van der Waals surface area contributed by atoms with Gasteiger partial charge < -0.3 is 9.53 Å². The predicted molar refractivity (Wildman–Crippen MR) is 38.9 cm³/mol. The molecular weight excluding hydrogens is 144 g/mol. The molecule has 0 aromatic rings. The van der Waals surface area contributed by atoms with E-state index in [9.17, 15) is 9.59 Å². The van der Waals surface area contributed by atoms with Crippen LogP contribution in [0.4, 0.5) is 0 Å². The molecule has 0 aromatic carbocycles. The summed E-state index contributed by atoms with van der Waals surface area (Å²) in [7, 11) is 0. The van der Waals surface area contributed by atoms with Crippen molar-refractivity contribution in [3.8, 4) is 0 Å². The molecule has 0 bridgehead atoms. The molecule has 3 nitrogen and oxygen atoms in total. The van der Waals surface area contributed by atoms with Crippen LogP contribution in [0.3, 0.4) is 0 Å². The molecule has 3 heteroatoms. The Bertz CT molecular complexity index is 165. The van der Waals surface area contributed by atoms with E-state index in [4.69, 9.17) is 4.74 Å². The number of hydrogen-bond acceptors (Lipinski definition) is 3. The number of ether oxygens (including phenoxy) is 1. The van der Waals surface area contributed by atoms with Gasteiger partial charge in [-0.05, 0) is 12.8 Å². The first kappa shape index (κ1) is 8.24. The Balaban J connectivity index is 2.17. The summed E-state index contributed by atoms with van der Waals surface area (Å²) in [5, 5.41) is 0. The van der Waals surface area contributed by atoms with E-state index in [1.807, 2.05) is 0 Å². The Labute approximate surface area is 65.7 Å². The van der Waals surface area contributed by atoms with Crippen LogP contribution in [0.2, 0.25) is 0 Å². The Morgan fingerprint density at radius 2 is 2.36 bits per heavy atom. The van der Waals surface area contributed by atoms with Crippen LogP contribution in [0.5, 0.6) is 0 Å². The van der Waals surface area contributed by atoms with Crippen molar-refractivity contribution in [3.63, 3.8) is 0 Å². The van der Waals surface area contributed by atoms with Crippen LogP contribution in [0, 0.1) is 11.8 Å². The molecule has 2 atom stereocenters. The highest BCUT2D eigenvalue weighted by Crippen LogP contribution is 2.32. The summed E-state index contributed by atoms with van der Waals surface area (Å²) in [6, 6.07) is 0. The molecule has 1 rings (SSSR count). The summed E-state index contributed by atoms with van der Waals surface area (Å²) in [5.41, 5.74) is 0. The first-order valence-corrected chi connectivity index (χ1v) is 3.82. The number of esters is 1. The Kier molecular flexibility index (Phi) is 2.63. The van der Waals surface area contributed by atoms with E-state index in [2.05, 4.69) is 0 Å². The average molecular weight is 156 g/mol. The zero-order chi connectivity index (χ0) is 8.27. The molecule has 62 valence electrons. The van der Waals surface area contributed by atoms with E-state index < -0.39 is 0 Å². The van der Waals surface area contributed by atoms with Crippen molar-refractivity contribution >= 4 is 12.3 Å². The van der Waals surface area contributed by atoms with Gasteiger partial charge in [0.05, 0.1) is 6.61 Å². The van der Waals surface area contributed by atoms with Gasteiger partial charge in [-0.1, -0.05) is 0 Å². The average Bonchev–Trinajstić information content (AvgIpc) is 1.86. The van der Waals surface area contributed by atoms with Gasteiger partial charge in [0, 0.05) is 18.8 Å². The Hall–Kier alpha value is -0.860. The summed E-state index contributed by atoms with van der Waals surface area (Å²) in [6.07, 6.45) is 2.92. The second-order valence-corrected chi connectivity index (χ2v) is 2.94. The fraction of sp³-hybridized carbons (Fsp3) is 0.750. The van der Waals surface area contributed by atoms with Crippen LogP contribution in [0.1, 0.15) is 19.8 Å². The first-order valence-electron chi connectivity index (χ1n) is 3.82. The number of hydrogen-bond donors (Lipinski definition) is 0. The van der Waals surface area contributed by atoms with Gasteiger partial charge in [0.1, 0.15) is 6.29 Å². The molecule has 1 fully saturated rings. The van der Waals surface area contributed by atoms with Gasteiger partial charge >= 0.3 is 5.97 Å². The molecule has 0 amide bonds. The third-order valence-corrected chi connectivity index (χ3v) is 2.15. The highest BCUT2D eigenvalue weighted by molar-refractivity contribution is 5.66. The lowest BCUT2D eigenvalue weighted by molar-refractivity contribution is -0.145. The highest BCUT2D eigenvalue weighted by atomic mass is 16.5. The lowest BCUT2D eigenvalue weighted by Gasteiger charge is -2.31. The summed E-state index contributed by atoms with van der Waals surface area (Å²) < 4.78 is 4.78. The van der Waals surface area contributed by atoms with Crippen molar-refractivity contribution in [3.05, 3.63) is 0 Å². The van der Waals surface area contributed by atoms with Crippen LogP contribution in [0.15, 0.2) is 0 Å². The van der Waals surface area contributed by atoms with E-state index >= 15 is 0 Å². The lowest BCUT2D eigenvalue weighted by atomic mass is 9.75. The predicted octanol–water partition coefficient (Wildman–Crippen LogP) is 0.775. The normalized spacial score (nSPS) is 28.8. The topological polar surface area (TPSA) is 43.4 Å². The maximum atomic E-state index is 10.4. The fourth-order valence-corrected chi connectivity index (χ4v) is 1.21. The Morgan fingerprint density at radius 3 is 2.73 bits per heavy atom. The molecule has 0 spiro atoms. The van der Waals surface area contributed by atoms with Crippen molar-refractivity contribution < 1.29 is 14.3 Å². The van der Waals surface area contributed by atoms with Gasteiger partial charge in [-0.2, -0.15) is 0 Å². The quantitative estimate of drug-likeness (QED) is 0.448. The molecule has 0 heterocycles. The van der Waals surface area contributed by atoms with Gasteiger partial charge in [0.2, 0.25) is 0 Å². The second-order valence-electron chi connectivity index (χ2n) is 2.94. The third kappa shape index (κ3) is 2.03. The summed E-state index contributed by atoms with van der Waals surface area (Å²) in [4.78, 5) is 20.7. The van der Waals surface area contributed by atoms with E-state index in [1.165, 1.54) is 6.92 Å². The number of aldehydes is 1. The largest absolute Gasteiger partial charge is 0.466 e. The van der Waals surface area contributed by atoms with Crippen molar-refractivity contribution in [1.82, 2.24) is 0 Å². The van der Waals surface area contributed by atoms with Gasteiger partial charge in [0.25, 0.3) is 0 Å². The van der Waals surface area contributed by atoms with Gasteiger partial charge in [-0.3, -0.25) is 4.79 Å². The molecule has 0 N–H and O–H groups in total. The number of carbonyl (C=O) groups is 2. The molecule has 1 aliphatic carbocycles. The van der Waals surface area contributed by atoms with Gasteiger partial charge in [-0.25, -0.2) is 0 Å². The monoisotopic (exact) mass is 156 g/mol. The molecule has 0 aromatic heterocycles. The zero-order valence-corrected chi connectivity index (χ0v) is 6.58. The minimum absolute atomic E-state index is 0.134. The molecule has 0 saturated heterocycles. The highest BCUT2D eigenvalue weighted by Gasteiger charge is 2.30. The van der Waals surface area contributed by atoms with E-state index in [-0.39, 0.29) is 17.8 Å². The molecular formula is C8H12O3. The van der Waals surface area contributed by atoms with Crippen molar-refractivity contribution in [2.24, 2.45) is 11.8 Å². The second kappa shape index (κ2) is 3.51. The zero-order valence-electron chi connectivity index (χ0n) is 6.58. The number of carbonyl (C=O) groups excluding carboxylic acids is 2. The van der Waals surface area contributed by atoms with Crippen LogP contribution >= 0.6 is 0 Å². The smallest absolute Gasteiger partial charge is 0.302 e. The van der Waals surface area contributed by atoms with Crippen molar-refractivity contribution in [2.45, 2.75) is 19.8 Å². The molecule has 0 radical (unpaired) electrons. The maximum Gasteiger partial charge on any atom is 0.302 e. The van der Waals surface area contributed by atoms with E-state index in [1.54, 1.807) is 0 Å². The lowest BCUT2D eigenvalue weighted by Crippen LogP contribution is -2.31.